The van der Waals surface area contributed by atoms with E-state index in [0.29, 0.717) is 16.8 Å². The van der Waals surface area contributed by atoms with Crippen molar-refractivity contribution >= 4 is 33.4 Å². The summed E-state index contributed by atoms with van der Waals surface area (Å²) in [5.74, 6) is -1.44. The maximum absolute atomic E-state index is 12.6. The average Bonchev–Trinajstić information content (AvgIpc) is 2.66. The SMILES string of the molecule is Cc1ccc(S(N)(=O)=O)cc1C(=O)OC(C)C(=O)c1ccc(NC(=O)C(C)(C)C)cc1. The van der Waals surface area contributed by atoms with Crippen LogP contribution in [0.25, 0.3) is 0 Å². The van der Waals surface area contributed by atoms with E-state index in [9.17, 15) is 22.8 Å². The number of primary sulfonamides is 1. The van der Waals surface area contributed by atoms with Gasteiger partial charge in [-0.15, -0.1) is 0 Å². The number of carbonyl (C=O) groups is 3. The van der Waals surface area contributed by atoms with Gasteiger partial charge in [0.05, 0.1) is 10.5 Å². The molecule has 1 unspecified atom stereocenters. The van der Waals surface area contributed by atoms with E-state index in [-0.39, 0.29) is 16.4 Å². The van der Waals surface area contributed by atoms with E-state index >= 15 is 0 Å². The molecule has 2 aromatic rings. The summed E-state index contributed by atoms with van der Waals surface area (Å²) in [5.41, 5.74) is 0.763. The summed E-state index contributed by atoms with van der Waals surface area (Å²) in [6.45, 7) is 8.40. The Labute approximate surface area is 181 Å². The third-order valence-corrected chi connectivity index (χ3v) is 5.43. The van der Waals surface area contributed by atoms with E-state index in [1.165, 1.54) is 31.2 Å². The first-order valence-electron chi connectivity index (χ1n) is 9.50. The van der Waals surface area contributed by atoms with E-state index in [0.717, 1.165) is 6.07 Å². The largest absolute Gasteiger partial charge is 0.451 e. The Bertz CT molecular complexity index is 1120. The zero-order valence-corrected chi connectivity index (χ0v) is 18.9. The molecular formula is C22H26N2O6S. The number of sulfonamides is 1. The van der Waals surface area contributed by atoms with Crippen LogP contribution < -0.4 is 10.5 Å². The van der Waals surface area contributed by atoms with Crippen LogP contribution in [0.4, 0.5) is 5.69 Å². The van der Waals surface area contributed by atoms with Crippen LogP contribution in [-0.4, -0.2) is 32.2 Å². The van der Waals surface area contributed by atoms with Crippen molar-refractivity contribution in [1.29, 1.82) is 0 Å². The van der Waals surface area contributed by atoms with Crippen molar-refractivity contribution in [2.45, 2.75) is 45.6 Å². The number of carbonyl (C=O) groups excluding carboxylic acids is 3. The second-order valence-corrected chi connectivity index (χ2v) is 9.78. The smallest absolute Gasteiger partial charge is 0.339 e. The molecule has 0 bridgehead atoms. The van der Waals surface area contributed by atoms with E-state index in [1.807, 2.05) is 0 Å². The van der Waals surface area contributed by atoms with Gasteiger partial charge in [0.2, 0.25) is 21.7 Å². The molecule has 0 saturated carbocycles. The first-order valence-corrected chi connectivity index (χ1v) is 11.0. The Morgan fingerprint density at radius 1 is 1.03 bits per heavy atom. The zero-order valence-electron chi connectivity index (χ0n) is 18.1. The minimum Gasteiger partial charge on any atom is -0.451 e. The maximum Gasteiger partial charge on any atom is 0.339 e. The molecule has 0 fully saturated rings. The van der Waals surface area contributed by atoms with Gasteiger partial charge in [0.25, 0.3) is 0 Å². The van der Waals surface area contributed by atoms with E-state index < -0.39 is 33.3 Å². The fourth-order valence-corrected chi connectivity index (χ4v) is 3.09. The fraction of sp³-hybridized carbons (Fsp3) is 0.318. The summed E-state index contributed by atoms with van der Waals surface area (Å²) in [4.78, 5) is 37.0. The lowest BCUT2D eigenvalue weighted by atomic mass is 9.95. The van der Waals surface area contributed by atoms with Gasteiger partial charge >= 0.3 is 5.97 Å². The van der Waals surface area contributed by atoms with Crippen molar-refractivity contribution in [1.82, 2.24) is 0 Å². The van der Waals surface area contributed by atoms with E-state index in [4.69, 9.17) is 9.88 Å². The Morgan fingerprint density at radius 3 is 2.13 bits per heavy atom. The van der Waals surface area contributed by atoms with Gasteiger partial charge in [-0.2, -0.15) is 0 Å². The molecular weight excluding hydrogens is 420 g/mol. The fourth-order valence-electron chi connectivity index (χ4n) is 2.55. The lowest BCUT2D eigenvalue weighted by Gasteiger charge is -2.18. The summed E-state index contributed by atoms with van der Waals surface area (Å²) >= 11 is 0. The second kappa shape index (κ2) is 8.99. The van der Waals surface area contributed by atoms with Gasteiger partial charge in [0, 0.05) is 16.7 Å². The summed E-state index contributed by atoms with van der Waals surface area (Å²) < 4.78 is 28.3. The van der Waals surface area contributed by atoms with Crippen molar-refractivity contribution in [2.24, 2.45) is 10.6 Å². The molecule has 166 valence electrons. The van der Waals surface area contributed by atoms with Gasteiger partial charge in [-0.05, 0) is 55.8 Å². The number of hydrogen-bond acceptors (Lipinski definition) is 6. The highest BCUT2D eigenvalue weighted by Gasteiger charge is 2.24. The number of rotatable bonds is 6. The van der Waals surface area contributed by atoms with Crippen LogP contribution in [0, 0.1) is 12.3 Å². The minimum absolute atomic E-state index is 0.00594. The number of hydrogen-bond donors (Lipinski definition) is 2. The highest BCUT2D eigenvalue weighted by molar-refractivity contribution is 7.89. The standard InChI is InChI=1S/C22H26N2O6S/c1-13-6-11-17(31(23,28)29)12-18(13)20(26)30-14(2)19(25)15-7-9-16(10-8-15)24-21(27)22(3,4)5/h6-12,14H,1-5H3,(H,24,27)(H2,23,28,29). The molecule has 0 aliphatic heterocycles. The van der Waals surface area contributed by atoms with Crippen LogP contribution in [-0.2, 0) is 19.6 Å². The molecule has 8 nitrogen and oxygen atoms in total. The predicted molar refractivity (Wildman–Crippen MR) is 116 cm³/mol. The third kappa shape index (κ3) is 6.22. The summed E-state index contributed by atoms with van der Waals surface area (Å²) in [7, 11) is -3.99. The van der Waals surface area contributed by atoms with Crippen LogP contribution in [0.1, 0.15) is 54.0 Å². The molecule has 0 saturated heterocycles. The lowest BCUT2D eigenvalue weighted by Crippen LogP contribution is -2.27. The first kappa shape index (κ1) is 24.2. The average molecular weight is 447 g/mol. The number of ether oxygens (including phenoxy) is 1. The minimum atomic E-state index is -3.99. The molecule has 0 radical (unpaired) electrons. The van der Waals surface area contributed by atoms with Crippen LogP contribution in [0.3, 0.4) is 0 Å². The van der Waals surface area contributed by atoms with Crippen molar-refractivity contribution in [3.63, 3.8) is 0 Å². The van der Waals surface area contributed by atoms with Crippen molar-refractivity contribution < 1.29 is 27.5 Å². The van der Waals surface area contributed by atoms with Crippen molar-refractivity contribution in [2.75, 3.05) is 5.32 Å². The summed E-state index contributed by atoms with van der Waals surface area (Å²) in [5, 5.41) is 7.87. The van der Waals surface area contributed by atoms with Gasteiger partial charge in [-0.25, -0.2) is 18.4 Å². The quantitative estimate of drug-likeness (QED) is 0.518. The number of aryl methyl sites for hydroxylation is 1. The maximum atomic E-state index is 12.6. The molecule has 1 amide bonds. The topological polar surface area (TPSA) is 133 Å². The molecule has 2 aromatic carbocycles. The number of nitrogens with one attached hydrogen (secondary N) is 1. The molecule has 0 aliphatic rings. The molecule has 0 aliphatic carbocycles. The van der Waals surface area contributed by atoms with Crippen molar-refractivity contribution in [3.05, 3.63) is 59.2 Å². The Kier molecular flexibility index (Phi) is 7.03. The third-order valence-electron chi connectivity index (χ3n) is 4.52. The van der Waals surface area contributed by atoms with Crippen molar-refractivity contribution in [3.8, 4) is 0 Å². The molecule has 2 rings (SSSR count). The van der Waals surface area contributed by atoms with Gasteiger partial charge in [-0.1, -0.05) is 26.8 Å². The zero-order chi connectivity index (χ0) is 23.6. The number of nitrogens with two attached hydrogens (primary N) is 1. The normalized spacial score (nSPS) is 12.7. The first-order chi connectivity index (χ1) is 14.2. The van der Waals surface area contributed by atoms with Crippen LogP contribution in [0.2, 0.25) is 0 Å². The Hall–Kier alpha value is -3.04. The second-order valence-electron chi connectivity index (χ2n) is 8.21. The molecule has 31 heavy (non-hydrogen) atoms. The predicted octanol–water partition coefficient (Wildman–Crippen LogP) is 3.06. The Morgan fingerprint density at radius 2 is 1.61 bits per heavy atom. The summed E-state index contributed by atoms with van der Waals surface area (Å²) in [6, 6.07) is 10.1. The van der Waals surface area contributed by atoms with E-state index in [1.54, 1.807) is 39.8 Å². The molecule has 0 aromatic heterocycles. The highest BCUT2D eigenvalue weighted by Crippen LogP contribution is 2.20. The van der Waals surface area contributed by atoms with Crippen LogP contribution in [0.15, 0.2) is 47.4 Å². The van der Waals surface area contributed by atoms with E-state index in [2.05, 4.69) is 5.32 Å². The van der Waals surface area contributed by atoms with Gasteiger partial charge in [0.1, 0.15) is 0 Å². The van der Waals surface area contributed by atoms with Gasteiger partial charge in [-0.3, -0.25) is 9.59 Å². The number of amides is 1. The molecule has 1 atom stereocenters. The van der Waals surface area contributed by atoms with Crippen LogP contribution >= 0.6 is 0 Å². The number of ketones is 1. The van der Waals surface area contributed by atoms with Crippen LogP contribution in [0.5, 0.6) is 0 Å². The number of anilines is 1. The molecule has 0 heterocycles. The molecule has 9 heteroatoms. The van der Waals surface area contributed by atoms with Gasteiger partial charge in [0.15, 0.2) is 6.10 Å². The highest BCUT2D eigenvalue weighted by atomic mass is 32.2. The number of benzene rings is 2. The number of Topliss-reactive ketones (excluding diaryl/α,β-unsaturated/α-hetero) is 1. The number of esters is 1. The summed E-state index contributed by atoms with van der Waals surface area (Å²) in [6.07, 6.45) is -1.11. The van der Waals surface area contributed by atoms with Gasteiger partial charge < -0.3 is 10.1 Å². The lowest BCUT2D eigenvalue weighted by molar-refractivity contribution is -0.123. The molecule has 0 spiro atoms. The Balaban J connectivity index is 2.12. The monoisotopic (exact) mass is 446 g/mol. The molecule has 3 N–H and O–H groups in total.